The molecule has 2 aromatic carbocycles. The minimum Gasteiger partial charge on any atom is -0.352 e. The van der Waals surface area contributed by atoms with Gasteiger partial charge in [0.25, 0.3) is 0 Å². The maximum atomic E-state index is 14.1. The van der Waals surface area contributed by atoms with Gasteiger partial charge in [-0.25, -0.2) is 4.39 Å². The number of rotatable bonds is 3. The number of nitrogens with zero attached hydrogens (tertiary/aromatic N) is 2. The molecule has 6 nitrogen and oxygen atoms in total. The Morgan fingerprint density at radius 3 is 2.71 bits per heavy atom. The monoisotopic (exact) mass is 453 g/mol. The summed E-state index contributed by atoms with van der Waals surface area (Å²) in [5, 5.41) is 2.95. The van der Waals surface area contributed by atoms with E-state index >= 15 is 0 Å². The molecule has 0 radical (unpaired) electrons. The first-order chi connectivity index (χ1) is 16.4. The number of fused-ring (bicyclic) bond motifs is 6. The first kappa shape index (κ1) is 20.5. The number of carbonyl (C=O) groups is 3. The molecule has 34 heavy (non-hydrogen) atoms. The van der Waals surface area contributed by atoms with Gasteiger partial charge in [0.15, 0.2) is 11.6 Å². The van der Waals surface area contributed by atoms with E-state index in [1.165, 1.54) is 25.3 Å². The lowest BCUT2D eigenvalue weighted by molar-refractivity contribution is -0.122. The highest BCUT2D eigenvalue weighted by molar-refractivity contribution is 6.16. The van der Waals surface area contributed by atoms with Crippen LogP contribution in [0.15, 0.2) is 73.1 Å². The Balaban J connectivity index is 1.67. The Morgan fingerprint density at radius 2 is 1.94 bits per heavy atom. The zero-order valence-corrected chi connectivity index (χ0v) is 18.2. The van der Waals surface area contributed by atoms with Gasteiger partial charge in [-0.15, -0.1) is 0 Å². The van der Waals surface area contributed by atoms with Crippen LogP contribution in [0, 0.1) is 11.7 Å². The van der Waals surface area contributed by atoms with Crippen molar-refractivity contribution in [2.75, 3.05) is 10.2 Å². The number of ketones is 2. The molecule has 7 heteroatoms. The van der Waals surface area contributed by atoms with Crippen LogP contribution in [0.1, 0.15) is 28.4 Å². The van der Waals surface area contributed by atoms with E-state index in [1.54, 1.807) is 36.5 Å². The van der Waals surface area contributed by atoms with Crippen LogP contribution in [0.3, 0.4) is 0 Å². The van der Waals surface area contributed by atoms with Gasteiger partial charge < -0.3 is 10.2 Å². The van der Waals surface area contributed by atoms with Crippen LogP contribution in [0.4, 0.5) is 15.8 Å². The van der Waals surface area contributed by atoms with Gasteiger partial charge in [-0.2, -0.15) is 0 Å². The highest BCUT2D eigenvalue weighted by Crippen LogP contribution is 2.57. The maximum Gasteiger partial charge on any atom is 0.238 e. The van der Waals surface area contributed by atoms with E-state index in [2.05, 4.69) is 10.3 Å². The summed E-state index contributed by atoms with van der Waals surface area (Å²) in [7, 11) is 0. The van der Waals surface area contributed by atoms with Crippen LogP contribution in [0.25, 0.3) is 6.08 Å². The molecule has 1 saturated heterocycles. The van der Waals surface area contributed by atoms with Crippen LogP contribution < -0.4 is 10.2 Å². The van der Waals surface area contributed by atoms with Crippen molar-refractivity contribution in [1.29, 1.82) is 0 Å². The molecule has 3 aliphatic rings. The number of Topliss-reactive ketones (excluding diaryl/α,β-unsaturated/α-hetero) is 2. The van der Waals surface area contributed by atoms with Gasteiger partial charge in [0.2, 0.25) is 5.91 Å². The van der Waals surface area contributed by atoms with Gasteiger partial charge >= 0.3 is 0 Å². The Kier molecular flexibility index (Phi) is 4.33. The number of pyridine rings is 1. The largest absolute Gasteiger partial charge is 0.352 e. The number of anilines is 2. The van der Waals surface area contributed by atoms with Crippen molar-refractivity contribution in [3.8, 4) is 0 Å². The van der Waals surface area contributed by atoms with Crippen molar-refractivity contribution in [2.45, 2.75) is 24.4 Å². The van der Waals surface area contributed by atoms with E-state index in [4.69, 9.17) is 0 Å². The van der Waals surface area contributed by atoms with Crippen molar-refractivity contribution in [3.05, 3.63) is 95.6 Å². The van der Waals surface area contributed by atoms with Crippen LogP contribution in [0.2, 0.25) is 0 Å². The van der Waals surface area contributed by atoms with Crippen molar-refractivity contribution in [1.82, 2.24) is 4.98 Å². The average molecular weight is 453 g/mol. The van der Waals surface area contributed by atoms with Crippen LogP contribution in [0.5, 0.6) is 0 Å². The maximum absolute atomic E-state index is 14.1. The third-order valence-electron chi connectivity index (χ3n) is 7.24. The lowest BCUT2D eigenvalue weighted by Gasteiger charge is -2.37. The van der Waals surface area contributed by atoms with Crippen molar-refractivity contribution < 1.29 is 18.8 Å². The van der Waals surface area contributed by atoms with Crippen LogP contribution >= 0.6 is 0 Å². The van der Waals surface area contributed by atoms with Gasteiger partial charge in [-0.05, 0) is 48.9 Å². The summed E-state index contributed by atoms with van der Waals surface area (Å²) in [5.74, 6) is -2.31. The fraction of sp³-hybridized carbons (Fsp3) is 0.185. The highest BCUT2D eigenvalue weighted by Gasteiger charge is 2.69. The van der Waals surface area contributed by atoms with E-state index in [0.717, 1.165) is 0 Å². The third kappa shape index (κ3) is 2.55. The Hall–Kier alpha value is -4.13. The summed E-state index contributed by atoms with van der Waals surface area (Å²) in [6, 6.07) is 13.4. The quantitative estimate of drug-likeness (QED) is 0.611. The fourth-order valence-corrected chi connectivity index (χ4v) is 5.99. The topological polar surface area (TPSA) is 79.4 Å². The predicted molar refractivity (Wildman–Crippen MR) is 125 cm³/mol. The zero-order chi connectivity index (χ0) is 23.6. The molecule has 4 heterocycles. The van der Waals surface area contributed by atoms with E-state index in [1.807, 2.05) is 29.2 Å². The summed E-state index contributed by atoms with van der Waals surface area (Å²) >= 11 is 0. The van der Waals surface area contributed by atoms with Crippen molar-refractivity contribution >= 4 is 34.9 Å². The molecule has 1 amide bonds. The standard InChI is InChI=1S/C27H20FN3O3/c1-15(32)24-23(25(33)17-5-4-12-29-14-17)27(19-6-2-3-7-20(19)30-26(27)34)22-11-8-16-13-18(28)9-10-21(16)31(22)24/h2-14,22-24H,1H3,(H,30,34)/t22-,23+,24-,27-/m1/s1. The van der Waals surface area contributed by atoms with Gasteiger partial charge in [0.05, 0.1) is 18.0 Å². The summed E-state index contributed by atoms with van der Waals surface area (Å²) in [6.07, 6.45) is 6.61. The van der Waals surface area contributed by atoms with E-state index < -0.39 is 29.2 Å². The Bertz CT molecular complexity index is 1400. The fourth-order valence-electron chi connectivity index (χ4n) is 5.99. The molecule has 0 bridgehead atoms. The summed E-state index contributed by atoms with van der Waals surface area (Å²) in [5.41, 5.74) is 1.50. The van der Waals surface area contributed by atoms with Crippen LogP contribution in [-0.2, 0) is 15.0 Å². The average Bonchev–Trinajstić information content (AvgIpc) is 3.32. The molecule has 6 rings (SSSR count). The number of hydrogen-bond acceptors (Lipinski definition) is 5. The van der Waals surface area contributed by atoms with Gasteiger partial charge in [-0.3, -0.25) is 19.4 Å². The molecule has 4 atom stereocenters. The molecular formula is C27H20FN3O3. The third-order valence-corrected chi connectivity index (χ3v) is 7.24. The van der Waals surface area contributed by atoms with Crippen molar-refractivity contribution in [3.63, 3.8) is 0 Å². The lowest BCUT2D eigenvalue weighted by Crippen LogP contribution is -2.51. The molecule has 168 valence electrons. The normalized spacial score (nSPS) is 26.1. The molecule has 1 spiro atoms. The Morgan fingerprint density at radius 1 is 1.12 bits per heavy atom. The van der Waals surface area contributed by atoms with E-state index in [-0.39, 0.29) is 17.5 Å². The molecule has 3 aromatic rings. The SMILES string of the molecule is CC(=O)[C@@H]1[C@@H](C(=O)c2cccnc2)[C@]2(C(=O)Nc3ccccc32)[C@H]2C=Cc3cc(F)ccc3N12. The molecule has 0 saturated carbocycles. The highest BCUT2D eigenvalue weighted by atomic mass is 19.1. The number of hydrogen-bond donors (Lipinski definition) is 1. The number of amides is 1. The second-order valence-electron chi connectivity index (χ2n) is 8.92. The minimum absolute atomic E-state index is 0.244. The number of nitrogens with one attached hydrogen (secondary N) is 1. The van der Waals surface area contributed by atoms with E-state index in [0.29, 0.717) is 28.1 Å². The molecule has 3 aliphatic heterocycles. The van der Waals surface area contributed by atoms with E-state index in [9.17, 15) is 18.8 Å². The first-order valence-electron chi connectivity index (χ1n) is 11.1. The number of halogens is 1. The second-order valence-corrected chi connectivity index (χ2v) is 8.92. The molecule has 1 N–H and O–H groups in total. The van der Waals surface area contributed by atoms with Crippen molar-refractivity contribution in [2.24, 2.45) is 5.92 Å². The van der Waals surface area contributed by atoms with Gasteiger partial charge in [0, 0.05) is 34.9 Å². The molecular weight excluding hydrogens is 433 g/mol. The van der Waals surface area contributed by atoms with Gasteiger partial charge in [0.1, 0.15) is 11.2 Å². The van der Waals surface area contributed by atoms with Gasteiger partial charge in [-0.1, -0.05) is 30.4 Å². The summed E-state index contributed by atoms with van der Waals surface area (Å²) in [4.78, 5) is 47.1. The predicted octanol–water partition coefficient (Wildman–Crippen LogP) is 3.78. The van der Waals surface area contributed by atoms with Crippen LogP contribution in [-0.4, -0.2) is 34.5 Å². The smallest absolute Gasteiger partial charge is 0.238 e. The molecule has 0 unspecified atom stereocenters. The number of para-hydroxylation sites is 1. The first-order valence-corrected chi connectivity index (χ1v) is 11.1. The Labute approximate surface area is 195 Å². The molecule has 1 aromatic heterocycles. The number of carbonyl (C=O) groups excluding carboxylic acids is 3. The number of aromatic nitrogens is 1. The summed E-state index contributed by atoms with van der Waals surface area (Å²) < 4.78 is 14.0. The second kappa shape index (κ2) is 7.18. The minimum atomic E-state index is -1.34. The zero-order valence-electron chi connectivity index (χ0n) is 18.2. The molecule has 0 aliphatic carbocycles. The summed E-state index contributed by atoms with van der Waals surface area (Å²) in [6.45, 7) is 1.44. The molecule has 1 fully saturated rings. The lowest BCUT2D eigenvalue weighted by atomic mass is 9.64. The number of benzene rings is 2.